The molecule has 1 aliphatic rings. The molecule has 8 heteroatoms. The zero-order chi connectivity index (χ0) is 19.8. The maximum Gasteiger partial charge on any atom is 0.286 e. The lowest BCUT2D eigenvalue weighted by molar-refractivity contribution is -0.118. The fourth-order valence-corrected chi connectivity index (χ4v) is 4.11. The van der Waals surface area contributed by atoms with Crippen molar-refractivity contribution in [2.24, 2.45) is 7.05 Å². The lowest BCUT2D eigenvalue weighted by atomic mass is 10.1. The molecule has 0 aliphatic carbocycles. The highest BCUT2D eigenvalue weighted by atomic mass is 32.2. The number of rotatable bonds is 5. The number of thioether (sulfide) groups is 1. The second-order valence-electron chi connectivity index (χ2n) is 6.86. The molecular formula is C20H20N4O3S. The number of aryl methyl sites for hydroxylation is 3. The normalized spacial score (nSPS) is 16.6. The van der Waals surface area contributed by atoms with E-state index < -0.39 is 0 Å². The topological polar surface area (TPSA) is 86.1 Å². The molecule has 1 aliphatic heterocycles. The molecule has 1 aromatic carbocycles. The summed E-state index contributed by atoms with van der Waals surface area (Å²) in [6.45, 7) is 4.34. The highest BCUT2D eigenvalue weighted by molar-refractivity contribution is 8.15. The fourth-order valence-electron chi connectivity index (χ4n) is 3.25. The highest BCUT2D eigenvalue weighted by Crippen LogP contribution is 2.24. The molecule has 0 radical (unpaired) electrons. The van der Waals surface area contributed by atoms with Crippen molar-refractivity contribution in [1.82, 2.24) is 19.9 Å². The van der Waals surface area contributed by atoms with Crippen LogP contribution in [0.15, 0.2) is 30.3 Å². The SMILES string of the molecule is Cc1cc(C)c2nc(COc3ccc(CC4SC(=O)NC4=O)cc3)n(C)c2n1. The molecular weight excluding hydrogens is 376 g/mol. The number of nitrogens with one attached hydrogen (secondary N) is 1. The Balaban J connectivity index is 1.43. The largest absolute Gasteiger partial charge is 0.486 e. The molecule has 3 aromatic rings. The molecule has 0 saturated carbocycles. The average Bonchev–Trinajstić information content (AvgIpc) is 3.14. The van der Waals surface area contributed by atoms with Crippen LogP contribution in [-0.2, 0) is 24.9 Å². The summed E-state index contributed by atoms with van der Waals surface area (Å²) in [7, 11) is 1.94. The van der Waals surface area contributed by atoms with Crippen LogP contribution in [0.1, 0.15) is 22.6 Å². The molecule has 4 rings (SSSR count). The molecule has 2 amide bonds. The van der Waals surface area contributed by atoms with Gasteiger partial charge >= 0.3 is 0 Å². The predicted octanol–water partition coefficient (Wildman–Crippen LogP) is 3.06. The summed E-state index contributed by atoms with van der Waals surface area (Å²) in [4.78, 5) is 32.2. The van der Waals surface area contributed by atoms with E-state index in [1.54, 1.807) is 0 Å². The lowest BCUT2D eigenvalue weighted by Gasteiger charge is -2.08. The van der Waals surface area contributed by atoms with Crippen LogP contribution in [0, 0.1) is 13.8 Å². The Bertz CT molecular complexity index is 1080. The number of imide groups is 1. The van der Waals surface area contributed by atoms with Crippen LogP contribution in [0.2, 0.25) is 0 Å². The van der Waals surface area contributed by atoms with Crippen LogP contribution in [0.4, 0.5) is 4.79 Å². The van der Waals surface area contributed by atoms with Crippen LogP contribution in [0.3, 0.4) is 0 Å². The monoisotopic (exact) mass is 396 g/mol. The van der Waals surface area contributed by atoms with Crippen LogP contribution < -0.4 is 10.1 Å². The van der Waals surface area contributed by atoms with Crippen molar-refractivity contribution in [3.8, 4) is 5.75 Å². The van der Waals surface area contributed by atoms with E-state index in [1.165, 1.54) is 0 Å². The third-order valence-electron chi connectivity index (χ3n) is 4.72. The minimum Gasteiger partial charge on any atom is -0.486 e. The summed E-state index contributed by atoms with van der Waals surface area (Å²) in [6.07, 6.45) is 0.511. The molecule has 0 bridgehead atoms. The Morgan fingerprint density at radius 1 is 1.18 bits per heavy atom. The number of fused-ring (bicyclic) bond motifs is 1. The van der Waals surface area contributed by atoms with Gasteiger partial charge in [0.1, 0.15) is 23.7 Å². The molecule has 2 aromatic heterocycles. The van der Waals surface area contributed by atoms with Gasteiger partial charge < -0.3 is 9.30 Å². The van der Waals surface area contributed by atoms with Crippen molar-refractivity contribution < 1.29 is 14.3 Å². The van der Waals surface area contributed by atoms with Gasteiger partial charge in [0.25, 0.3) is 5.24 Å². The van der Waals surface area contributed by atoms with Crippen LogP contribution in [0.5, 0.6) is 5.75 Å². The first kappa shape index (κ1) is 18.5. The minimum atomic E-state index is -0.363. The van der Waals surface area contributed by atoms with Crippen molar-refractivity contribution in [2.45, 2.75) is 32.1 Å². The maximum absolute atomic E-state index is 11.7. The standard InChI is InChI=1S/C20H20N4O3S/c1-11-8-12(2)21-18-17(11)22-16(24(18)3)10-27-14-6-4-13(5-7-14)9-15-19(25)23-20(26)28-15/h4-8,15H,9-10H2,1-3H3,(H,23,25,26). The van der Waals surface area contributed by atoms with Crippen molar-refractivity contribution in [1.29, 1.82) is 0 Å². The Labute approximate surface area is 166 Å². The van der Waals surface area contributed by atoms with Gasteiger partial charge in [-0.15, -0.1) is 0 Å². The Morgan fingerprint density at radius 2 is 1.93 bits per heavy atom. The second-order valence-corrected chi connectivity index (χ2v) is 8.04. The number of amides is 2. The summed E-state index contributed by atoms with van der Waals surface area (Å²) in [5, 5.41) is 1.66. The third kappa shape index (κ3) is 3.60. The Kier molecular flexibility index (Phi) is 4.80. The van der Waals surface area contributed by atoms with E-state index in [0.29, 0.717) is 13.0 Å². The van der Waals surface area contributed by atoms with Crippen molar-refractivity contribution in [2.75, 3.05) is 0 Å². The van der Waals surface area contributed by atoms with Gasteiger partial charge in [0.15, 0.2) is 5.65 Å². The van der Waals surface area contributed by atoms with Gasteiger partial charge in [-0.1, -0.05) is 23.9 Å². The molecule has 1 fully saturated rings. The molecule has 1 unspecified atom stereocenters. The van der Waals surface area contributed by atoms with Gasteiger partial charge in [0, 0.05) is 12.7 Å². The number of benzene rings is 1. The number of carbonyl (C=O) groups is 2. The summed E-state index contributed by atoms with van der Waals surface area (Å²) in [5.41, 5.74) is 4.79. The van der Waals surface area contributed by atoms with E-state index in [-0.39, 0.29) is 16.4 Å². The average molecular weight is 396 g/mol. The number of ether oxygens (including phenoxy) is 1. The Hall–Kier alpha value is -2.87. The second kappa shape index (κ2) is 7.27. The molecule has 7 nitrogen and oxygen atoms in total. The summed E-state index contributed by atoms with van der Waals surface area (Å²) < 4.78 is 7.84. The fraction of sp³-hybridized carbons (Fsp3) is 0.300. The first-order chi connectivity index (χ1) is 13.4. The van der Waals surface area contributed by atoms with Crippen LogP contribution in [0.25, 0.3) is 11.2 Å². The molecule has 144 valence electrons. The van der Waals surface area contributed by atoms with Gasteiger partial charge in [-0.25, -0.2) is 9.97 Å². The number of nitrogens with zero attached hydrogens (tertiary/aromatic N) is 3. The van der Waals surface area contributed by atoms with Gasteiger partial charge in [0.05, 0.1) is 5.25 Å². The quantitative estimate of drug-likeness (QED) is 0.713. The summed E-state index contributed by atoms with van der Waals surface area (Å²) in [5.74, 6) is 1.30. The number of carbonyl (C=O) groups excluding carboxylic acids is 2. The number of hydrogen-bond acceptors (Lipinski definition) is 6. The van der Waals surface area contributed by atoms with Crippen molar-refractivity contribution in [3.05, 3.63) is 53.0 Å². The first-order valence-electron chi connectivity index (χ1n) is 8.93. The Morgan fingerprint density at radius 3 is 2.61 bits per heavy atom. The molecule has 1 atom stereocenters. The first-order valence-corrected chi connectivity index (χ1v) is 9.81. The zero-order valence-corrected chi connectivity index (χ0v) is 16.7. The van der Waals surface area contributed by atoms with Gasteiger partial charge in [-0.2, -0.15) is 0 Å². The molecule has 1 saturated heterocycles. The number of pyridine rings is 1. The predicted molar refractivity (Wildman–Crippen MR) is 107 cm³/mol. The van der Waals surface area contributed by atoms with Gasteiger partial charge in [0.2, 0.25) is 5.91 Å². The molecule has 28 heavy (non-hydrogen) atoms. The van der Waals surface area contributed by atoms with Gasteiger partial charge in [-0.3, -0.25) is 14.9 Å². The highest BCUT2D eigenvalue weighted by Gasteiger charge is 2.31. The van der Waals surface area contributed by atoms with E-state index in [2.05, 4.69) is 15.3 Å². The molecule has 0 spiro atoms. The van der Waals surface area contributed by atoms with Crippen LogP contribution in [-0.4, -0.2) is 30.9 Å². The van der Waals surface area contributed by atoms with Crippen LogP contribution >= 0.6 is 11.8 Å². The van der Waals surface area contributed by atoms with Crippen molar-refractivity contribution in [3.63, 3.8) is 0 Å². The van der Waals surface area contributed by atoms with E-state index >= 15 is 0 Å². The van der Waals surface area contributed by atoms with E-state index in [4.69, 9.17) is 4.74 Å². The molecule has 1 N–H and O–H groups in total. The van der Waals surface area contributed by atoms with E-state index in [1.807, 2.05) is 55.8 Å². The molecule has 3 heterocycles. The zero-order valence-electron chi connectivity index (χ0n) is 15.9. The smallest absolute Gasteiger partial charge is 0.286 e. The number of aromatic nitrogens is 3. The minimum absolute atomic E-state index is 0.226. The summed E-state index contributed by atoms with van der Waals surface area (Å²) in [6, 6.07) is 9.58. The van der Waals surface area contributed by atoms with Gasteiger partial charge in [-0.05, 0) is 49.6 Å². The number of hydrogen-bond donors (Lipinski definition) is 1. The van der Waals surface area contributed by atoms with E-state index in [0.717, 1.165) is 51.3 Å². The maximum atomic E-state index is 11.7. The van der Waals surface area contributed by atoms with Crippen molar-refractivity contribution >= 4 is 34.1 Å². The van der Waals surface area contributed by atoms with E-state index in [9.17, 15) is 9.59 Å². The third-order valence-corrected chi connectivity index (χ3v) is 5.70. The number of imidazole rings is 1. The summed E-state index contributed by atoms with van der Waals surface area (Å²) >= 11 is 1.04. The lowest BCUT2D eigenvalue weighted by Crippen LogP contribution is -2.25.